The lowest BCUT2D eigenvalue weighted by Crippen LogP contribution is -2.47. The molecule has 0 radical (unpaired) electrons. The standard InChI is InChI=1S/C14H22N2O3S/c1-10(2)19-13-6-4-5-12(14(13)15)16-7-8-20(17,18)9-11(16)3/h4-6,10-11H,7-9,15H2,1-3H3. The molecule has 2 rings (SSSR count). The molecular formula is C14H22N2O3S. The molecule has 1 aromatic carbocycles. The van der Waals surface area contributed by atoms with E-state index >= 15 is 0 Å². The molecule has 2 N–H and O–H groups in total. The zero-order valence-electron chi connectivity index (χ0n) is 12.2. The Morgan fingerprint density at radius 2 is 2.10 bits per heavy atom. The molecular weight excluding hydrogens is 276 g/mol. The number of hydrogen-bond donors (Lipinski definition) is 1. The Bertz CT molecular complexity index is 584. The Balaban J connectivity index is 2.29. The van der Waals surface area contributed by atoms with Crippen molar-refractivity contribution in [2.75, 3.05) is 28.7 Å². The molecule has 1 saturated heterocycles. The minimum atomic E-state index is -2.93. The van der Waals surface area contributed by atoms with Crippen molar-refractivity contribution in [2.24, 2.45) is 0 Å². The number of sulfone groups is 1. The first kappa shape index (κ1) is 15.0. The maximum atomic E-state index is 11.7. The van der Waals surface area contributed by atoms with Gasteiger partial charge in [0.05, 0.1) is 29.0 Å². The van der Waals surface area contributed by atoms with Crippen LogP contribution in [0.25, 0.3) is 0 Å². The lowest BCUT2D eigenvalue weighted by atomic mass is 10.2. The fourth-order valence-electron chi connectivity index (χ4n) is 2.50. The summed E-state index contributed by atoms with van der Waals surface area (Å²) in [4.78, 5) is 2.05. The minimum absolute atomic E-state index is 0.0479. The summed E-state index contributed by atoms with van der Waals surface area (Å²) in [5.74, 6) is 0.992. The van der Waals surface area contributed by atoms with Crippen LogP contribution in [0.15, 0.2) is 18.2 Å². The predicted molar refractivity (Wildman–Crippen MR) is 82.1 cm³/mol. The van der Waals surface area contributed by atoms with Gasteiger partial charge in [0.1, 0.15) is 5.75 Å². The third-order valence-electron chi connectivity index (χ3n) is 3.39. The average Bonchev–Trinajstić information content (AvgIpc) is 2.31. The molecule has 1 unspecified atom stereocenters. The minimum Gasteiger partial charge on any atom is -0.489 e. The summed E-state index contributed by atoms with van der Waals surface area (Å²) in [7, 11) is -2.93. The Kier molecular flexibility index (Phi) is 4.13. The summed E-state index contributed by atoms with van der Waals surface area (Å²) in [6.45, 7) is 6.27. The number of benzene rings is 1. The second kappa shape index (κ2) is 5.52. The molecule has 0 bridgehead atoms. The van der Waals surface area contributed by atoms with Crippen molar-refractivity contribution in [3.63, 3.8) is 0 Å². The first-order valence-electron chi connectivity index (χ1n) is 6.82. The van der Waals surface area contributed by atoms with Gasteiger partial charge in [-0.05, 0) is 32.9 Å². The zero-order chi connectivity index (χ0) is 14.9. The highest BCUT2D eigenvalue weighted by Crippen LogP contribution is 2.34. The van der Waals surface area contributed by atoms with Crippen molar-refractivity contribution in [2.45, 2.75) is 32.9 Å². The fraction of sp³-hybridized carbons (Fsp3) is 0.571. The summed E-state index contributed by atoms with van der Waals surface area (Å²) in [6, 6.07) is 5.56. The maximum Gasteiger partial charge on any atom is 0.154 e. The number of ether oxygens (including phenoxy) is 1. The first-order chi connectivity index (χ1) is 9.30. The van der Waals surface area contributed by atoms with Crippen LogP contribution in [0.4, 0.5) is 11.4 Å². The average molecular weight is 298 g/mol. The molecule has 0 amide bonds. The van der Waals surface area contributed by atoms with Crippen molar-refractivity contribution in [3.05, 3.63) is 18.2 Å². The van der Waals surface area contributed by atoms with Gasteiger partial charge in [-0.2, -0.15) is 0 Å². The van der Waals surface area contributed by atoms with E-state index in [9.17, 15) is 8.42 Å². The topological polar surface area (TPSA) is 72.6 Å². The molecule has 1 fully saturated rings. The van der Waals surface area contributed by atoms with Crippen molar-refractivity contribution in [1.29, 1.82) is 0 Å². The molecule has 1 aliphatic rings. The van der Waals surface area contributed by atoms with Gasteiger partial charge in [0.25, 0.3) is 0 Å². The number of rotatable bonds is 3. The largest absolute Gasteiger partial charge is 0.489 e. The van der Waals surface area contributed by atoms with Crippen LogP contribution in [0.5, 0.6) is 5.75 Å². The van der Waals surface area contributed by atoms with Crippen LogP contribution in [-0.4, -0.2) is 38.6 Å². The number of hydrogen-bond acceptors (Lipinski definition) is 5. The zero-order valence-corrected chi connectivity index (χ0v) is 13.0. The Labute approximate surface area is 120 Å². The number of nitrogen functional groups attached to an aromatic ring is 1. The predicted octanol–water partition coefficient (Wildman–Crippen LogP) is 1.68. The molecule has 0 saturated carbocycles. The van der Waals surface area contributed by atoms with Gasteiger partial charge >= 0.3 is 0 Å². The van der Waals surface area contributed by atoms with Gasteiger partial charge in [-0.25, -0.2) is 8.42 Å². The molecule has 1 aromatic rings. The highest BCUT2D eigenvalue weighted by atomic mass is 32.2. The quantitative estimate of drug-likeness (QED) is 0.860. The third kappa shape index (κ3) is 3.17. The number of para-hydroxylation sites is 1. The smallest absolute Gasteiger partial charge is 0.154 e. The summed E-state index contributed by atoms with van der Waals surface area (Å²) in [5, 5.41) is 0. The molecule has 5 nitrogen and oxygen atoms in total. The maximum absolute atomic E-state index is 11.7. The second-order valence-electron chi connectivity index (χ2n) is 5.51. The number of nitrogens with zero attached hydrogens (tertiary/aromatic N) is 1. The normalized spacial score (nSPS) is 22.0. The second-order valence-corrected chi connectivity index (χ2v) is 7.74. The van der Waals surface area contributed by atoms with Crippen LogP contribution in [0.3, 0.4) is 0 Å². The molecule has 0 spiro atoms. The van der Waals surface area contributed by atoms with Gasteiger partial charge in [-0.1, -0.05) is 6.07 Å². The fourth-order valence-corrected chi connectivity index (χ4v) is 4.05. The molecule has 0 aromatic heterocycles. The van der Waals surface area contributed by atoms with Gasteiger partial charge in [-0.3, -0.25) is 0 Å². The van der Waals surface area contributed by atoms with Gasteiger partial charge in [0, 0.05) is 12.6 Å². The van der Waals surface area contributed by atoms with Gasteiger partial charge < -0.3 is 15.4 Å². The van der Waals surface area contributed by atoms with Gasteiger partial charge in [0.15, 0.2) is 9.84 Å². The molecule has 6 heteroatoms. The summed E-state index contributed by atoms with van der Waals surface area (Å²) in [6.07, 6.45) is 0.0479. The number of nitrogens with two attached hydrogens (primary N) is 1. The van der Waals surface area contributed by atoms with Crippen LogP contribution in [0.2, 0.25) is 0 Å². The SMILES string of the molecule is CC(C)Oc1cccc(N2CCS(=O)(=O)CC2C)c1N. The summed E-state index contributed by atoms with van der Waals surface area (Å²) >= 11 is 0. The van der Waals surface area contributed by atoms with E-state index < -0.39 is 9.84 Å². The van der Waals surface area contributed by atoms with Crippen LogP contribution >= 0.6 is 0 Å². The highest BCUT2D eigenvalue weighted by molar-refractivity contribution is 7.91. The van der Waals surface area contributed by atoms with E-state index in [2.05, 4.69) is 0 Å². The van der Waals surface area contributed by atoms with Crippen LogP contribution in [-0.2, 0) is 9.84 Å². The third-order valence-corrected chi connectivity index (χ3v) is 5.18. The highest BCUT2D eigenvalue weighted by Gasteiger charge is 2.29. The van der Waals surface area contributed by atoms with E-state index in [1.165, 1.54) is 0 Å². The van der Waals surface area contributed by atoms with E-state index in [1.54, 1.807) is 0 Å². The monoisotopic (exact) mass is 298 g/mol. The van der Waals surface area contributed by atoms with Crippen LogP contribution in [0.1, 0.15) is 20.8 Å². The van der Waals surface area contributed by atoms with E-state index in [4.69, 9.17) is 10.5 Å². The molecule has 1 atom stereocenters. The van der Waals surface area contributed by atoms with E-state index in [0.717, 1.165) is 5.69 Å². The Hall–Kier alpha value is -1.43. The van der Waals surface area contributed by atoms with Crippen molar-refractivity contribution in [1.82, 2.24) is 0 Å². The summed E-state index contributed by atoms with van der Waals surface area (Å²) < 4.78 is 29.0. The lowest BCUT2D eigenvalue weighted by molar-refractivity contribution is 0.244. The van der Waals surface area contributed by atoms with Crippen molar-refractivity contribution in [3.8, 4) is 5.75 Å². The van der Waals surface area contributed by atoms with Crippen LogP contribution < -0.4 is 15.4 Å². The van der Waals surface area contributed by atoms with E-state index in [-0.39, 0.29) is 23.7 Å². The molecule has 1 heterocycles. The first-order valence-corrected chi connectivity index (χ1v) is 8.64. The van der Waals surface area contributed by atoms with Crippen LogP contribution in [0, 0.1) is 0 Å². The van der Waals surface area contributed by atoms with E-state index in [0.29, 0.717) is 18.0 Å². The van der Waals surface area contributed by atoms with Crippen molar-refractivity contribution >= 4 is 21.2 Å². The van der Waals surface area contributed by atoms with Gasteiger partial charge in [-0.15, -0.1) is 0 Å². The molecule has 20 heavy (non-hydrogen) atoms. The summed E-state index contributed by atoms with van der Waals surface area (Å²) in [5.41, 5.74) is 7.60. The number of anilines is 2. The Morgan fingerprint density at radius 1 is 1.40 bits per heavy atom. The molecule has 1 aliphatic heterocycles. The van der Waals surface area contributed by atoms with Gasteiger partial charge in [0.2, 0.25) is 0 Å². The molecule has 0 aliphatic carbocycles. The molecule has 112 valence electrons. The lowest BCUT2D eigenvalue weighted by Gasteiger charge is -2.36. The Morgan fingerprint density at radius 3 is 2.70 bits per heavy atom. The van der Waals surface area contributed by atoms with E-state index in [1.807, 2.05) is 43.9 Å². The van der Waals surface area contributed by atoms with Crippen molar-refractivity contribution < 1.29 is 13.2 Å².